The predicted octanol–water partition coefficient (Wildman–Crippen LogP) is 2.08. The van der Waals surface area contributed by atoms with Gasteiger partial charge in [0.1, 0.15) is 5.52 Å². The van der Waals surface area contributed by atoms with Crippen LogP contribution < -0.4 is 5.43 Å². The normalized spacial score (nSPS) is 10.9. The van der Waals surface area contributed by atoms with Gasteiger partial charge >= 0.3 is 0 Å². The second-order valence-electron chi connectivity index (χ2n) is 3.48. The van der Waals surface area contributed by atoms with Crippen LogP contribution in [0.5, 0.6) is 0 Å². The van der Waals surface area contributed by atoms with Crippen molar-refractivity contribution in [3.63, 3.8) is 0 Å². The molecule has 2 aromatic carbocycles. The molecule has 0 radical (unpaired) electrons. The van der Waals surface area contributed by atoms with Crippen LogP contribution in [0.3, 0.4) is 0 Å². The van der Waals surface area contributed by atoms with E-state index >= 15 is 0 Å². The highest BCUT2D eigenvalue weighted by Crippen LogP contribution is 2.14. The molecule has 3 nitrogen and oxygen atoms in total. The molecule has 1 aromatic heterocycles. The van der Waals surface area contributed by atoms with E-state index in [2.05, 4.69) is 10.2 Å². The summed E-state index contributed by atoms with van der Waals surface area (Å²) in [7, 11) is 0. The number of aromatic nitrogens is 2. The van der Waals surface area contributed by atoms with E-state index in [-0.39, 0.29) is 5.43 Å². The Hall–Kier alpha value is -2.16. The molecule has 0 saturated heterocycles. The van der Waals surface area contributed by atoms with Gasteiger partial charge < -0.3 is 0 Å². The summed E-state index contributed by atoms with van der Waals surface area (Å²) in [6, 6.07) is 11.4. The molecule has 3 heteroatoms. The Balaban J connectivity index is 2.67. The molecule has 0 spiro atoms. The van der Waals surface area contributed by atoms with Crippen molar-refractivity contribution in [3.8, 4) is 0 Å². The average Bonchev–Trinajstić information content (AvgIpc) is 2.64. The molecule has 0 bridgehead atoms. The van der Waals surface area contributed by atoms with Crippen molar-refractivity contribution < 1.29 is 0 Å². The molecule has 0 aliphatic heterocycles. The average molecular weight is 196 g/mol. The van der Waals surface area contributed by atoms with Crippen LogP contribution in [0.4, 0.5) is 0 Å². The number of hydrogen-bond donors (Lipinski definition) is 1. The molecular formula is C12H8N2O. The zero-order chi connectivity index (χ0) is 10.3. The van der Waals surface area contributed by atoms with Crippen LogP contribution in [0.2, 0.25) is 0 Å². The lowest BCUT2D eigenvalue weighted by molar-refractivity contribution is 1.11. The summed E-state index contributed by atoms with van der Waals surface area (Å²) < 4.78 is 0. The Morgan fingerprint density at radius 3 is 2.53 bits per heavy atom. The summed E-state index contributed by atoms with van der Waals surface area (Å²) in [5.74, 6) is 0. The molecule has 0 saturated carbocycles. The Morgan fingerprint density at radius 1 is 1.00 bits per heavy atom. The standard InChI is InChI=1S/C12H8N2O/c15-11-6-9-4-2-1-3-8(9)5-10-7-13-14-12(10)11/h1-7H,(H,13,14). The molecule has 3 rings (SSSR count). The van der Waals surface area contributed by atoms with Gasteiger partial charge in [0, 0.05) is 5.39 Å². The Morgan fingerprint density at radius 2 is 1.73 bits per heavy atom. The zero-order valence-electron chi connectivity index (χ0n) is 7.90. The Kier molecular flexibility index (Phi) is 1.59. The van der Waals surface area contributed by atoms with Gasteiger partial charge in [0.05, 0.1) is 6.20 Å². The molecule has 0 unspecified atom stereocenters. The Bertz CT molecular complexity index is 700. The van der Waals surface area contributed by atoms with E-state index in [0.29, 0.717) is 5.52 Å². The molecule has 1 N–H and O–H groups in total. The van der Waals surface area contributed by atoms with Crippen molar-refractivity contribution in [1.82, 2.24) is 10.2 Å². The van der Waals surface area contributed by atoms with Crippen LogP contribution >= 0.6 is 0 Å². The minimum absolute atomic E-state index is 0.0244. The highest BCUT2D eigenvalue weighted by molar-refractivity contribution is 5.91. The molecule has 0 atom stereocenters. The number of hydrogen-bond acceptors (Lipinski definition) is 2. The fraction of sp³-hybridized carbons (Fsp3) is 0. The fourth-order valence-corrected chi connectivity index (χ4v) is 1.76. The summed E-state index contributed by atoms with van der Waals surface area (Å²) in [5.41, 5.74) is 0.537. The van der Waals surface area contributed by atoms with Crippen LogP contribution in [-0.2, 0) is 0 Å². The van der Waals surface area contributed by atoms with Gasteiger partial charge in [0.2, 0.25) is 5.43 Å². The third kappa shape index (κ3) is 1.21. The molecule has 72 valence electrons. The van der Waals surface area contributed by atoms with Crippen molar-refractivity contribution in [1.29, 1.82) is 0 Å². The number of H-pyrrole nitrogens is 1. The first kappa shape index (κ1) is 8.17. The van der Waals surface area contributed by atoms with Gasteiger partial charge in [-0.05, 0) is 22.9 Å². The largest absolute Gasteiger partial charge is 0.288 e. The molecular weight excluding hydrogens is 188 g/mol. The number of nitrogens with zero attached hydrogens (tertiary/aromatic N) is 1. The topological polar surface area (TPSA) is 45.8 Å². The molecule has 0 fully saturated rings. The molecule has 15 heavy (non-hydrogen) atoms. The summed E-state index contributed by atoms with van der Waals surface area (Å²) in [5, 5.41) is 9.44. The molecule has 0 aliphatic rings. The minimum Gasteiger partial charge on any atom is -0.288 e. The molecule has 3 aromatic rings. The van der Waals surface area contributed by atoms with Crippen LogP contribution in [0, 0.1) is 0 Å². The van der Waals surface area contributed by atoms with Crippen molar-refractivity contribution in [2.75, 3.05) is 0 Å². The second-order valence-corrected chi connectivity index (χ2v) is 3.48. The second kappa shape index (κ2) is 2.92. The third-order valence-electron chi connectivity index (χ3n) is 2.51. The predicted molar refractivity (Wildman–Crippen MR) is 59.9 cm³/mol. The Labute approximate surface area is 85.4 Å². The smallest absolute Gasteiger partial charge is 0.204 e. The van der Waals surface area contributed by atoms with Crippen molar-refractivity contribution in [3.05, 3.63) is 52.8 Å². The van der Waals surface area contributed by atoms with Crippen molar-refractivity contribution in [2.24, 2.45) is 0 Å². The third-order valence-corrected chi connectivity index (χ3v) is 2.51. The van der Waals surface area contributed by atoms with E-state index in [1.165, 1.54) is 0 Å². The lowest BCUT2D eigenvalue weighted by Gasteiger charge is -1.88. The van der Waals surface area contributed by atoms with E-state index in [0.717, 1.165) is 16.2 Å². The maximum atomic E-state index is 11.8. The van der Waals surface area contributed by atoms with E-state index < -0.39 is 0 Å². The monoisotopic (exact) mass is 196 g/mol. The van der Waals surface area contributed by atoms with Crippen LogP contribution in [0.15, 0.2) is 47.4 Å². The maximum Gasteiger partial charge on any atom is 0.204 e. The van der Waals surface area contributed by atoms with Crippen LogP contribution in [-0.4, -0.2) is 10.2 Å². The quantitative estimate of drug-likeness (QED) is 0.598. The number of rotatable bonds is 0. The van der Waals surface area contributed by atoms with Crippen LogP contribution in [0.1, 0.15) is 0 Å². The fourth-order valence-electron chi connectivity index (χ4n) is 1.76. The van der Waals surface area contributed by atoms with Gasteiger partial charge in [-0.1, -0.05) is 24.3 Å². The van der Waals surface area contributed by atoms with Crippen molar-refractivity contribution >= 4 is 21.7 Å². The number of fused-ring (bicyclic) bond motifs is 2. The van der Waals surface area contributed by atoms with Crippen LogP contribution in [0.25, 0.3) is 21.7 Å². The first-order chi connectivity index (χ1) is 7.34. The minimum atomic E-state index is -0.0244. The zero-order valence-corrected chi connectivity index (χ0v) is 7.90. The first-order valence-electron chi connectivity index (χ1n) is 4.71. The van der Waals surface area contributed by atoms with E-state index in [9.17, 15) is 4.79 Å². The van der Waals surface area contributed by atoms with Gasteiger partial charge in [0.15, 0.2) is 0 Å². The molecule has 0 aliphatic carbocycles. The van der Waals surface area contributed by atoms with Gasteiger partial charge in [-0.25, -0.2) is 0 Å². The van der Waals surface area contributed by atoms with Gasteiger partial charge in [-0.2, -0.15) is 5.10 Å². The summed E-state index contributed by atoms with van der Waals surface area (Å²) in [4.78, 5) is 11.8. The number of benzene rings is 1. The maximum absolute atomic E-state index is 11.8. The summed E-state index contributed by atoms with van der Waals surface area (Å²) >= 11 is 0. The van der Waals surface area contributed by atoms with E-state index in [1.807, 2.05) is 30.3 Å². The lowest BCUT2D eigenvalue weighted by Crippen LogP contribution is -1.94. The number of aromatic amines is 1. The highest BCUT2D eigenvalue weighted by atomic mass is 16.1. The SMILES string of the molecule is O=c1cc2ccccc2cc2cn[nH]c12. The molecule has 1 heterocycles. The van der Waals surface area contributed by atoms with E-state index in [4.69, 9.17) is 0 Å². The van der Waals surface area contributed by atoms with E-state index in [1.54, 1.807) is 12.3 Å². The van der Waals surface area contributed by atoms with Gasteiger partial charge in [-0.15, -0.1) is 0 Å². The van der Waals surface area contributed by atoms with Crippen molar-refractivity contribution in [2.45, 2.75) is 0 Å². The van der Waals surface area contributed by atoms with Gasteiger partial charge in [0.25, 0.3) is 0 Å². The van der Waals surface area contributed by atoms with Gasteiger partial charge in [-0.3, -0.25) is 9.89 Å². The summed E-state index contributed by atoms with van der Waals surface area (Å²) in [6.07, 6.45) is 1.67. The lowest BCUT2D eigenvalue weighted by atomic mass is 10.2. The highest BCUT2D eigenvalue weighted by Gasteiger charge is 2.00. The number of nitrogens with one attached hydrogen (secondary N) is 1. The first-order valence-corrected chi connectivity index (χ1v) is 4.71. The molecule has 0 amide bonds. The summed E-state index contributed by atoms with van der Waals surface area (Å²) in [6.45, 7) is 0.